The first kappa shape index (κ1) is 12.3. The molecule has 0 aliphatic heterocycles. The molecule has 0 bridgehead atoms. The number of hydrogen-bond acceptors (Lipinski definition) is 0. The SMILES string of the molecule is [Br][Zn][Br].[CH2]CC(C)C. The van der Waals surface area contributed by atoms with Crippen molar-refractivity contribution in [2.75, 3.05) is 0 Å². The van der Waals surface area contributed by atoms with Crippen molar-refractivity contribution in [1.29, 1.82) is 0 Å². The van der Waals surface area contributed by atoms with Crippen LogP contribution in [0.5, 0.6) is 0 Å². The first-order chi connectivity index (χ1) is 3.68. The van der Waals surface area contributed by atoms with E-state index in [1.165, 1.54) is 0 Å². The Morgan fingerprint density at radius 1 is 1.50 bits per heavy atom. The minimum Gasteiger partial charge on any atom is -0.0628 e. The van der Waals surface area contributed by atoms with Crippen molar-refractivity contribution >= 4 is 27.2 Å². The molecular formula is C5H11Br2Zn. The van der Waals surface area contributed by atoms with Crippen LogP contribution in [0.2, 0.25) is 0 Å². The predicted octanol–water partition coefficient (Wildman–Crippen LogP) is 3.56. The van der Waals surface area contributed by atoms with Crippen molar-refractivity contribution in [2.24, 2.45) is 5.92 Å². The summed E-state index contributed by atoms with van der Waals surface area (Å²) in [7, 11) is 0. The third kappa shape index (κ3) is 25.6. The maximum absolute atomic E-state index is 3.69. The second-order valence-electron chi connectivity index (χ2n) is 1.78. The van der Waals surface area contributed by atoms with E-state index in [4.69, 9.17) is 0 Å². The first-order valence-corrected chi connectivity index (χ1v) is 16.5. The molecular weight excluding hydrogens is 285 g/mol. The van der Waals surface area contributed by atoms with Gasteiger partial charge >= 0.3 is 40.5 Å². The van der Waals surface area contributed by atoms with Crippen LogP contribution < -0.4 is 0 Å². The molecule has 0 spiro atoms. The van der Waals surface area contributed by atoms with Crippen LogP contribution in [0, 0.1) is 12.8 Å². The monoisotopic (exact) mass is 293 g/mol. The van der Waals surface area contributed by atoms with E-state index in [9.17, 15) is 0 Å². The Balaban J connectivity index is 0. The molecule has 3 heteroatoms. The standard InChI is InChI=1S/C5H11.2BrH.Zn/c1-4-5(2)3;;;/h5H,1,4H2,2-3H3;2*1H;/q;;;+2/p-2. The summed E-state index contributed by atoms with van der Waals surface area (Å²) < 4.78 is 0. The maximum atomic E-state index is 3.69. The second-order valence-corrected chi connectivity index (χ2v) is 15.9. The van der Waals surface area contributed by atoms with Crippen LogP contribution in [-0.2, 0) is 13.2 Å². The Morgan fingerprint density at radius 3 is 1.62 bits per heavy atom. The molecule has 0 fully saturated rings. The largest absolute Gasteiger partial charge is 0.0628 e. The van der Waals surface area contributed by atoms with Crippen LogP contribution in [0.15, 0.2) is 0 Å². The van der Waals surface area contributed by atoms with Gasteiger partial charge in [-0.1, -0.05) is 27.2 Å². The summed E-state index contributed by atoms with van der Waals surface area (Å²) in [5, 5.41) is 0. The average Bonchev–Trinajstić information content (AvgIpc) is 1.69. The summed E-state index contributed by atoms with van der Waals surface area (Å²) in [4.78, 5) is 0. The third-order valence-corrected chi connectivity index (χ3v) is 0.577. The van der Waals surface area contributed by atoms with Crippen molar-refractivity contribution in [3.63, 3.8) is 0 Å². The van der Waals surface area contributed by atoms with Gasteiger partial charge in [0.15, 0.2) is 0 Å². The predicted molar refractivity (Wildman–Crippen MR) is 42.7 cm³/mol. The van der Waals surface area contributed by atoms with Crippen LogP contribution >= 0.6 is 27.2 Å². The van der Waals surface area contributed by atoms with Crippen molar-refractivity contribution in [3.8, 4) is 0 Å². The Labute approximate surface area is 73.1 Å². The van der Waals surface area contributed by atoms with Crippen LogP contribution in [0.4, 0.5) is 0 Å². The second kappa shape index (κ2) is 11.4. The topological polar surface area (TPSA) is 0 Å². The van der Waals surface area contributed by atoms with E-state index in [0.717, 1.165) is 12.3 Å². The fourth-order valence-electron chi connectivity index (χ4n) is 0. The molecule has 47 valence electrons. The molecule has 0 aliphatic carbocycles. The molecule has 0 saturated carbocycles. The summed E-state index contributed by atoms with van der Waals surface area (Å²) in [5.41, 5.74) is 0. The fraction of sp³-hybridized carbons (Fsp3) is 0.800. The molecule has 0 unspecified atom stereocenters. The van der Waals surface area contributed by atoms with Crippen molar-refractivity contribution in [3.05, 3.63) is 6.92 Å². The van der Waals surface area contributed by atoms with Gasteiger partial charge < -0.3 is 0 Å². The van der Waals surface area contributed by atoms with Crippen LogP contribution in [0.1, 0.15) is 20.3 Å². The van der Waals surface area contributed by atoms with E-state index in [1.54, 1.807) is 0 Å². The fourth-order valence-corrected chi connectivity index (χ4v) is 0. The molecule has 0 nitrogen and oxygen atoms in total. The van der Waals surface area contributed by atoms with Gasteiger partial charge in [0, 0.05) is 0 Å². The Kier molecular flexibility index (Phi) is 17.5. The number of rotatable bonds is 1. The Morgan fingerprint density at radius 2 is 1.62 bits per heavy atom. The molecule has 1 radical (unpaired) electrons. The summed E-state index contributed by atoms with van der Waals surface area (Å²) in [6.45, 7) is 8.00. The molecule has 0 saturated heterocycles. The number of hydrogen-bond donors (Lipinski definition) is 0. The zero-order valence-electron chi connectivity index (χ0n) is 5.45. The summed E-state index contributed by atoms with van der Waals surface area (Å²) in [6.07, 6.45) is 1.06. The van der Waals surface area contributed by atoms with Gasteiger partial charge in [-0.05, 0) is 5.92 Å². The third-order valence-electron chi connectivity index (χ3n) is 0.577. The van der Waals surface area contributed by atoms with Gasteiger partial charge in [-0.25, -0.2) is 0 Å². The van der Waals surface area contributed by atoms with Gasteiger partial charge in [-0.3, -0.25) is 0 Å². The Bertz CT molecular complexity index is 31.6. The smallest absolute Gasteiger partial charge is 0.0471 e. The molecule has 0 N–H and O–H groups in total. The summed E-state index contributed by atoms with van der Waals surface area (Å²) in [6, 6.07) is 0. The van der Waals surface area contributed by atoms with Crippen molar-refractivity contribution < 1.29 is 13.2 Å². The van der Waals surface area contributed by atoms with E-state index in [1.807, 2.05) is 0 Å². The molecule has 0 atom stereocenters. The quantitative estimate of drug-likeness (QED) is 0.649. The molecule has 0 heterocycles. The maximum Gasteiger partial charge on any atom is -0.0471 e. The van der Waals surface area contributed by atoms with E-state index < -0.39 is 0 Å². The minimum atomic E-state index is -0.250. The number of halogens is 2. The van der Waals surface area contributed by atoms with Gasteiger partial charge in [-0.15, -0.1) is 0 Å². The zero-order chi connectivity index (χ0) is 6.99. The van der Waals surface area contributed by atoms with Gasteiger partial charge in [0.25, 0.3) is 0 Å². The molecule has 0 aromatic carbocycles. The van der Waals surface area contributed by atoms with Crippen molar-refractivity contribution in [2.45, 2.75) is 20.3 Å². The summed E-state index contributed by atoms with van der Waals surface area (Å²) >= 11 is 6.25. The molecule has 0 aromatic rings. The van der Waals surface area contributed by atoms with Crippen LogP contribution in [-0.4, -0.2) is 0 Å². The van der Waals surface area contributed by atoms with Gasteiger partial charge in [0.05, 0.1) is 0 Å². The van der Waals surface area contributed by atoms with E-state index >= 15 is 0 Å². The first-order valence-electron chi connectivity index (χ1n) is 2.60. The minimum absolute atomic E-state index is 0.250. The molecule has 0 aromatic heterocycles. The van der Waals surface area contributed by atoms with Crippen molar-refractivity contribution in [1.82, 2.24) is 0 Å². The van der Waals surface area contributed by atoms with Crippen LogP contribution in [0.25, 0.3) is 0 Å². The van der Waals surface area contributed by atoms with Crippen LogP contribution in [0.3, 0.4) is 0 Å². The normalized spacial score (nSPS) is 7.25. The van der Waals surface area contributed by atoms with Gasteiger partial charge in [-0.2, -0.15) is 0 Å². The molecule has 0 rings (SSSR count). The van der Waals surface area contributed by atoms with Gasteiger partial charge in [0.1, 0.15) is 0 Å². The van der Waals surface area contributed by atoms with E-state index in [2.05, 4.69) is 48.0 Å². The molecule has 8 heavy (non-hydrogen) atoms. The molecule has 0 amide bonds. The molecule has 0 aliphatic rings. The summed E-state index contributed by atoms with van der Waals surface area (Å²) in [5.74, 6) is 0.773. The average molecular weight is 296 g/mol. The van der Waals surface area contributed by atoms with E-state index in [0.29, 0.717) is 0 Å². The van der Waals surface area contributed by atoms with Gasteiger partial charge in [0.2, 0.25) is 0 Å². The Hall–Kier alpha value is 1.58. The zero-order valence-corrected chi connectivity index (χ0v) is 11.6. The van der Waals surface area contributed by atoms with E-state index in [-0.39, 0.29) is 13.2 Å².